The van der Waals surface area contributed by atoms with Gasteiger partial charge in [-0.1, -0.05) is 29.8 Å². The molecule has 0 radical (unpaired) electrons. The third-order valence-electron chi connectivity index (χ3n) is 4.41. The molecule has 0 unspecified atom stereocenters. The van der Waals surface area contributed by atoms with Gasteiger partial charge < -0.3 is 10.2 Å². The van der Waals surface area contributed by atoms with Crippen LogP contribution in [0.15, 0.2) is 54.7 Å². The Kier molecular flexibility index (Phi) is 4.73. The van der Waals surface area contributed by atoms with Crippen LogP contribution < -0.4 is 10.2 Å². The monoisotopic (exact) mass is 382 g/mol. The molecule has 0 saturated carbocycles. The molecule has 1 aliphatic heterocycles. The van der Waals surface area contributed by atoms with Crippen molar-refractivity contribution in [1.82, 2.24) is 9.97 Å². The van der Waals surface area contributed by atoms with Crippen molar-refractivity contribution in [2.75, 3.05) is 16.8 Å². The van der Waals surface area contributed by atoms with Gasteiger partial charge in [0.15, 0.2) is 0 Å². The number of nitrogens with zero attached hydrogens (tertiary/aromatic N) is 3. The van der Waals surface area contributed by atoms with Gasteiger partial charge in [-0.25, -0.2) is 14.4 Å². The molecule has 1 N–H and O–H groups in total. The lowest BCUT2D eigenvalue weighted by atomic mass is 10.0. The first-order chi connectivity index (χ1) is 13.1. The molecule has 0 aliphatic carbocycles. The van der Waals surface area contributed by atoms with Gasteiger partial charge in [0.05, 0.1) is 5.02 Å². The Morgan fingerprint density at radius 3 is 2.89 bits per heavy atom. The molecule has 0 fully saturated rings. The quantitative estimate of drug-likeness (QED) is 0.718. The minimum Gasteiger partial charge on any atom is -0.324 e. The van der Waals surface area contributed by atoms with Crippen LogP contribution in [0, 0.1) is 5.82 Å². The fourth-order valence-corrected chi connectivity index (χ4v) is 3.30. The molecule has 1 amide bonds. The van der Waals surface area contributed by atoms with Gasteiger partial charge in [0.2, 0.25) is 5.95 Å². The predicted molar refractivity (Wildman–Crippen MR) is 103 cm³/mol. The van der Waals surface area contributed by atoms with Gasteiger partial charge in [-0.2, -0.15) is 0 Å². The van der Waals surface area contributed by atoms with Crippen LogP contribution in [0.25, 0.3) is 0 Å². The van der Waals surface area contributed by atoms with E-state index in [0.29, 0.717) is 12.2 Å². The highest BCUT2D eigenvalue weighted by Gasteiger charge is 2.24. The van der Waals surface area contributed by atoms with E-state index in [1.54, 1.807) is 11.0 Å². The van der Waals surface area contributed by atoms with Crippen molar-refractivity contribution in [2.24, 2.45) is 0 Å². The summed E-state index contributed by atoms with van der Waals surface area (Å²) in [6, 6.07) is 13.7. The van der Waals surface area contributed by atoms with Gasteiger partial charge in [-0.05, 0) is 48.7 Å². The number of amides is 1. The summed E-state index contributed by atoms with van der Waals surface area (Å²) in [7, 11) is 0. The molecule has 7 heteroatoms. The van der Waals surface area contributed by atoms with Gasteiger partial charge >= 0.3 is 0 Å². The van der Waals surface area contributed by atoms with E-state index in [0.717, 1.165) is 24.1 Å². The van der Waals surface area contributed by atoms with Gasteiger partial charge in [-0.15, -0.1) is 0 Å². The standard InChI is InChI=1S/C20H16ClFN4O/c21-15-12-14(7-8-16(15)22)24-20-23-10-9-17(25-20)19(27)26-11-3-5-13-4-1-2-6-18(13)26/h1-2,4,6-10,12H,3,5,11H2,(H,23,24,25). The second-order valence-corrected chi connectivity index (χ2v) is 6.62. The van der Waals surface area contributed by atoms with Crippen LogP contribution in [-0.2, 0) is 6.42 Å². The van der Waals surface area contributed by atoms with E-state index >= 15 is 0 Å². The van der Waals surface area contributed by atoms with E-state index in [1.165, 1.54) is 24.4 Å². The molecule has 27 heavy (non-hydrogen) atoms. The SMILES string of the molecule is O=C(c1ccnc(Nc2ccc(F)c(Cl)c2)n1)N1CCCc2ccccc21. The summed E-state index contributed by atoms with van der Waals surface area (Å²) in [6.07, 6.45) is 3.39. The molecule has 3 aromatic rings. The number of carbonyl (C=O) groups is 1. The molecule has 5 nitrogen and oxygen atoms in total. The molecular formula is C20H16ClFN4O. The molecule has 4 rings (SSSR count). The number of nitrogens with one attached hydrogen (secondary N) is 1. The maximum absolute atomic E-state index is 13.3. The fourth-order valence-electron chi connectivity index (χ4n) is 3.12. The summed E-state index contributed by atoms with van der Waals surface area (Å²) in [6.45, 7) is 0.649. The lowest BCUT2D eigenvalue weighted by Gasteiger charge is -2.29. The van der Waals surface area contributed by atoms with Gasteiger partial charge in [0.25, 0.3) is 5.91 Å². The zero-order valence-electron chi connectivity index (χ0n) is 14.3. The number of halogens is 2. The van der Waals surface area contributed by atoms with E-state index in [1.807, 2.05) is 24.3 Å². The summed E-state index contributed by atoms with van der Waals surface area (Å²) in [4.78, 5) is 23.2. The zero-order valence-corrected chi connectivity index (χ0v) is 15.1. The second-order valence-electron chi connectivity index (χ2n) is 6.21. The highest BCUT2D eigenvalue weighted by Crippen LogP contribution is 2.28. The summed E-state index contributed by atoms with van der Waals surface area (Å²) in [5.74, 6) is -0.436. The summed E-state index contributed by atoms with van der Waals surface area (Å²) < 4.78 is 13.3. The van der Waals surface area contributed by atoms with Crippen LogP contribution in [0.4, 0.5) is 21.7 Å². The maximum atomic E-state index is 13.3. The molecule has 0 bridgehead atoms. The highest BCUT2D eigenvalue weighted by molar-refractivity contribution is 6.31. The van der Waals surface area contributed by atoms with Crippen LogP contribution in [0.3, 0.4) is 0 Å². The van der Waals surface area contributed by atoms with E-state index in [9.17, 15) is 9.18 Å². The number of anilines is 3. The number of hydrogen-bond acceptors (Lipinski definition) is 4. The van der Waals surface area contributed by atoms with Crippen molar-refractivity contribution >= 4 is 34.8 Å². The first-order valence-corrected chi connectivity index (χ1v) is 8.94. The lowest BCUT2D eigenvalue weighted by molar-refractivity contribution is 0.0980. The van der Waals surface area contributed by atoms with Gasteiger partial charge in [-0.3, -0.25) is 4.79 Å². The van der Waals surface area contributed by atoms with Gasteiger partial charge in [0.1, 0.15) is 11.5 Å². The fraction of sp³-hybridized carbons (Fsp3) is 0.150. The smallest absolute Gasteiger partial charge is 0.277 e. The molecule has 2 aromatic carbocycles. The van der Waals surface area contributed by atoms with Crippen molar-refractivity contribution in [2.45, 2.75) is 12.8 Å². The van der Waals surface area contributed by atoms with E-state index in [4.69, 9.17) is 11.6 Å². The number of rotatable bonds is 3. The average molecular weight is 383 g/mol. The van der Waals surface area contributed by atoms with Crippen molar-refractivity contribution in [3.05, 3.63) is 76.8 Å². The van der Waals surface area contributed by atoms with Crippen LogP contribution in [-0.4, -0.2) is 22.4 Å². The van der Waals surface area contributed by atoms with Gasteiger partial charge in [0, 0.05) is 24.1 Å². The Balaban J connectivity index is 1.59. The first-order valence-electron chi connectivity index (χ1n) is 8.57. The Morgan fingerprint density at radius 2 is 2.04 bits per heavy atom. The molecule has 0 saturated heterocycles. The van der Waals surface area contributed by atoms with E-state index in [2.05, 4.69) is 15.3 Å². The molecule has 0 atom stereocenters. The summed E-state index contributed by atoms with van der Waals surface area (Å²) in [5.41, 5.74) is 2.91. The molecule has 2 heterocycles. The Morgan fingerprint density at radius 1 is 1.19 bits per heavy atom. The summed E-state index contributed by atoms with van der Waals surface area (Å²) in [5, 5.41) is 2.94. The predicted octanol–water partition coefficient (Wildman–Crippen LogP) is 4.61. The topological polar surface area (TPSA) is 58.1 Å². The number of fused-ring (bicyclic) bond motifs is 1. The number of benzene rings is 2. The second kappa shape index (κ2) is 7.32. The van der Waals surface area contributed by atoms with Crippen LogP contribution in [0.1, 0.15) is 22.5 Å². The van der Waals surface area contributed by atoms with Crippen molar-refractivity contribution in [3.8, 4) is 0 Å². The molecule has 1 aliphatic rings. The van der Waals surface area contributed by atoms with E-state index in [-0.39, 0.29) is 22.6 Å². The third-order valence-corrected chi connectivity index (χ3v) is 4.70. The molecular weight excluding hydrogens is 367 g/mol. The first kappa shape index (κ1) is 17.4. The Labute approximate surface area is 160 Å². The van der Waals surface area contributed by atoms with Crippen LogP contribution in [0.2, 0.25) is 5.02 Å². The number of hydrogen-bond donors (Lipinski definition) is 1. The Hall–Kier alpha value is -2.99. The molecule has 136 valence electrons. The summed E-state index contributed by atoms with van der Waals surface area (Å²) >= 11 is 5.79. The van der Waals surface area contributed by atoms with Crippen LogP contribution in [0.5, 0.6) is 0 Å². The normalized spacial score (nSPS) is 13.2. The average Bonchev–Trinajstić information content (AvgIpc) is 2.70. The van der Waals surface area contributed by atoms with Crippen LogP contribution >= 0.6 is 11.6 Å². The van der Waals surface area contributed by atoms with Crippen molar-refractivity contribution < 1.29 is 9.18 Å². The largest absolute Gasteiger partial charge is 0.324 e. The van der Waals surface area contributed by atoms with Crippen molar-refractivity contribution in [3.63, 3.8) is 0 Å². The van der Waals surface area contributed by atoms with Crippen molar-refractivity contribution in [1.29, 1.82) is 0 Å². The number of carbonyl (C=O) groups excluding carboxylic acids is 1. The third kappa shape index (κ3) is 3.61. The minimum absolute atomic E-state index is 0.00263. The molecule has 1 aromatic heterocycles. The minimum atomic E-state index is -0.504. The Bertz CT molecular complexity index is 1010. The number of aryl methyl sites for hydroxylation is 1. The van der Waals surface area contributed by atoms with E-state index < -0.39 is 5.82 Å². The lowest BCUT2D eigenvalue weighted by Crippen LogP contribution is -2.36. The number of para-hydroxylation sites is 1. The zero-order chi connectivity index (χ0) is 18.8. The maximum Gasteiger partial charge on any atom is 0.277 e. The molecule has 0 spiro atoms. The highest BCUT2D eigenvalue weighted by atomic mass is 35.5. The number of aromatic nitrogens is 2.